The Bertz CT molecular complexity index is 669. The first kappa shape index (κ1) is 14.9. The van der Waals surface area contributed by atoms with E-state index in [1.807, 2.05) is 13.8 Å². The van der Waals surface area contributed by atoms with Crippen molar-refractivity contribution < 1.29 is 14.3 Å². The molecule has 2 aromatic carbocycles. The van der Waals surface area contributed by atoms with E-state index in [0.29, 0.717) is 22.6 Å². The SMILES string of the molecule is COc1cccc(N)c1C(=O)c1cc(C)c(OC)c(C)c1. The second-order valence-electron chi connectivity index (χ2n) is 4.90. The highest BCUT2D eigenvalue weighted by Crippen LogP contribution is 2.30. The highest BCUT2D eigenvalue weighted by Gasteiger charge is 2.19. The van der Waals surface area contributed by atoms with Gasteiger partial charge in [-0.2, -0.15) is 0 Å². The van der Waals surface area contributed by atoms with E-state index in [-0.39, 0.29) is 5.78 Å². The molecule has 0 unspecified atom stereocenters. The number of benzene rings is 2. The number of methoxy groups -OCH3 is 2. The number of carbonyl (C=O) groups excluding carboxylic acids is 1. The molecule has 0 atom stereocenters. The molecule has 0 spiro atoms. The summed E-state index contributed by atoms with van der Waals surface area (Å²) in [4.78, 5) is 12.8. The maximum atomic E-state index is 12.8. The zero-order chi connectivity index (χ0) is 15.6. The van der Waals surface area contributed by atoms with Crippen molar-refractivity contribution in [2.75, 3.05) is 20.0 Å². The number of hydrogen-bond acceptors (Lipinski definition) is 4. The van der Waals surface area contributed by atoms with Crippen molar-refractivity contribution >= 4 is 11.5 Å². The van der Waals surface area contributed by atoms with Crippen LogP contribution >= 0.6 is 0 Å². The van der Waals surface area contributed by atoms with E-state index >= 15 is 0 Å². The van der Waals surface area contributed by atoms with Gasteiger partial charge in [0.05, 0.1) is 19.8 Å². The molecule has 4 nitrogen and oxygen atoms in total. The van der Waals surface area contributed by atoms with Gasteiger partial charge in [0, 0.05) is 11.3 Å². The lowest BCUT2D eigenvalue weighted by molar-refractivity contribution is 0.103. The van der Waals surface area contributed by atoms with Crippen LogP contribution in [0, 0.1) is 13.8 Å². The molecule has 0 aliphatic carbocycles. The smallest absolute Gasteiger partial charge is 0.198 e. The Kier molecular flexibility index (Phi) is 4.17. The second-order valence-corrected chi connectivity index (χ2v) is 4.90. The summed E-state index contributed by atoms with van der Waals surface area (Å²) >= 11 is 0. The predicted molar refractivity (Wildman–Crippen MR) is 83.3 cm³/mol. The molecular weight excluding hydrogens is 266 g/mol. The number of nitrogen functional groups attached to an aromatic ring is 1. The highest BCUT2D eigenvalue weighted by molar-refractivity contribution is 6.14. The van der Waals surface area contributed by atoms with Crippen molar-refractivity contribution in [2.45, 2.75) is 13.8 Å². The van der Waals surface area contributed by atoms with Crippen LogP contribution in [0.3, 0.4) is 0 Å². The van der Waals surface area contributed by atoms with E-state index in [0.717, 1.165) is 16.9 Å². The predicted octanol–water partition coefficient (Wildman–Crippen LogP) is 3.13. The standard InChI is InChI=1S/C17H19NO3/c1-10-8-12(9-11(2)17(10)21-4)16(19)15-13(18)6-5-7-14(15)20-3/h5-9H,18H2,1-4H3. The molecule has 2 rings (SSSR count). The van der Waals surface area contributed by atoms with Crippen LogP contribution in [0.25, 0.3) is 0 Å². The third-order valence-electron chi connectivity index (χ3n) is 3.43. The van der Waals surface area contributed by atoms with Crippen LogP contribution in [0.4, 0.5) is 5.69 Å². The van der Waals surface area contributed by atoms with E-state index in [4.69, 9.17) is 15.2 Å². The number of anilines is 1. The summed E-state index contributed by atoms with van der Waals surface area (Å²) in [5, 5.41) is 0. The molecule has 0 saturated carbocycles. The molecule has 0 heterocycles. The minimum absolute atomic E-state index is 0.154. The van der Waals surface area contributed by atoms with E-state index < -0.39 is 0 Å². The van der Waals surface area contributed by atoms with Gasteiger partial charge in [-0.3, -0.25) is 4.79 Å². The van der Waals surface area contributed by atoms with Gasteiger partial charge in [-0.25, -0.2) is 0 Å². The van der Waals surface area contributed by atoms with Crippen molar-refractivity contribution in [3.8, 4) is 11.5 Å². The van der Waals surface area contributed by atoms with Gasteiger partial charge >= 0.3 is 0 Å². The number of ketones is 1. The van der Waals surface area contributed by atoms with Crippen LogP contribution in [0.2, 0.25) is 0 Å². The maximum absolute atomic E-state index is 12.8. The minimum atomic E-state index is -0.154. The van der Waals surface area contributed by atoms with Crippen molar-refractivity contribution in [2.24, 2.45) is 0 Å². The third-order valence-corrected chi connectivity index (χ3v) is 3.43. The Morgan fingerprint density at radius 1 is 1.05 bits per heavy atom. The quantitative estimate of drug-likeness (QED) is 0.692. The molecule has 0 aromatic heterocycles. The summed E-state index contributed by atoms with van der Waals surface area (Å²) in [6.07, 6.45) is 0. The number of hydrogen-bond donors (Lipinski definition) is 1. The summed E-state index contributed by atoms with van der Waals surface area (Å²) in [6, 6.07) is 8.79. The Balaban J connectivity index is 2.56. The van der Waals surface area contributed by atoms with E-state index in [1.54, 1.807) is 37.4 Å². The van der Waals surface area contributed by atoms with E-state index in [2.05, 4.69) is 0 Å². The van der Waals surface area contributed by atoms with Crippen molar-refractivity contribution in [3.63, 3.8) is 0 Å². The van der Waals surface area contributed by atoms with Crippen LogP contribution in [0.15, 0.2) is 30.3 Å². The van der Waals surface area contributed by atoms with Crippen LogP contribution < -0.4 is 15.2 Å². The molecule has 2 N–H and O–H groups in total. The van der Waals surface area contributed by atoms with Crippen LogP contribution in [0.1, 0.15) is 27.0 Å². The Labute approximate surface area is 124 Å². The molecule has 0 saturated heterocycles. The molecule has 0 aliphatic rings. The normalized spacial score (nSPS) is 10.3. The topological polar surface area (TPSA) is 61.5 Å². The molecule has 0 amide bonds. The highest BCUT2D eigenvalue weighted by atomic mass is 16.5. The number of ether oxygens (including phenoxy) is 2. The minimum Gasteiger partial charge on any atom is -0.496 e. The van der Waals surface area contributed by atoms with Gasteiger partial charge in [0.15, 0.2) is 5.78 Å². The molecule has 0 radical (unpaired) electrons. The van der Waals surface area contributed by atoms with Gasteiger partial charge in [-0.1, -0.05) is 6.07 Å². The number of aryl methyl sites for hydroxylation is 2. The van der Waals surface area contributed by atoms with Crippen molar-refractivity contribution in [1.82, 2.24) is 0 Å². The fourth-order valence-corrected chi connectivity index (χ4v) is 2.51. The summed E-state index contributed by atoms with van der Waals surface area (Å²) in [5.41, 5.74) is 9.14. The number of nitrogens with two attached hydrogens (primary N) is 1. The summed E-state index contributed by atoms with van der Waals surface area (Å²) in [5.74, 6) is 1.12. The first-order valence-corrected chi connectivity index (χ1v) is 6.62. The Morgan fingerprint density at radius 2 is 1.67 bits per heavy atom. The average Bonchev–Trinajstić information content (AvgIpc) is 2.45. The number of carbonyl (C=O) groups is 1. The Hall–Kier alpha value is -2.49. The molecular formula is C17H19NO3. The molecule has 4 heteroatoms. The molecule has 0 bridgehead atoms. The van der Waals surface area contributed by atoms with E-state index in [9.17, 15) is 4.79 Å². The van der Waals surface area contributed by atoms with Gasteiger partial charge in [-0.05, 0) is 49.2 Å². The fourth-order valence-electron chi connectivity index (χ4n) is 2.51. The van der Waals surface area contributed by atoms with Crippen molar-refractivity contribution in [3.05, 3.63) is 52.6 Å². The van der Waals surface area contributed by atoms with Gasteiger partial charge in [0.25, 0.3) is 0 Å². The summed E-state index contributed by atoms with van der Waals surface area (Å²) < 4.78 is 10.6. The van der Waals surface area contributed by atoms with Gasteiger partial charge in [0.1, 0.15) is 11.5 Å². The van der Waals surface area contributed by atoms with Crippen LogP contribution in [0.5, 0.6) is 11.5 Å². The zero-order valence-corrected chi connectivity index (χ0v) is 12.7. The first-order chi connectivity index (χ1) is 9.99. The lowest BCUT2D eigenvalue weighted by Crippen LogP contribution is -2.08. The second kappa shape index (κ2) is 5.87. The number of rotatable bonds is 4. The average molecular weight is 285 g/mol. The van der Waals surface area contributed by atoms with Gasteiger partial charge in [-0.15, -0.1) is 0 Å². The van der Waals surface area contributed by atoms with Crippen LogP contribution in [-0.4, -0.2) is 20.0 Å². The Morgan fingerprint density at radius 3 is 2.19 bits per heavy atom. The maximum Gasteiger partial charge on any atom is 0.198 e. The molecule has 110 valence electrons. The third kappa shape index (κ3) is 2.70. The largest absolute Gasteiger partial charge is 0.496 e. The first-order valence-electron chi connectivity index (χ1n) is 6.62. The van der Waals surface area contributed by atoms with Gasteiger partial charge < -0.3 is 15.2 Å². The monoisotopic (exact) mass is 285 g/mol. The van der Waals surface area contributed by atoms with Crippen molar-refractivity contribution in [1.29, 1.82) is 0 Å². The fraction of sp³-hybridized carbons (Fsp3) is 0.235. The molecule has 0 fully saturated rings. The summed E-state index contributed by atoms with van der Waals surface area (Å²) in [6.45, 7) is 3.82. The molecule has 21 heavy (non-hydrogen) atoms. The van der Waals surface area contributed by atoms with Gasteiger partial charge in [0.2, 0.25) is 0 Å². The lowest BCUT2D eigenvalue weighted by Gasteiger charge is -2.13. The molecule has 2 aromatic rings. The lowest BCUT2D eigenvalue weighted by atomic mass is 9.97. The zero-order valence-electron chi connectivity index (χ0n) is 12.7. The summed E-state index contributed by atoms with van der Waals surface area (Å²) in [7, 11) is 3.14. The van der Waals surface area contributed by atoms with E-state index in [1.165, 1.54) is 7.11 Å². The van der Waals surface area contributed by atoms with Crippen LogP contribution in [-0.2, 0) is 0 Å². The molecule has 0 aliphatic heterocycles.